The fraction of sp³-hybridized carbons (Fsp3) is 0.250. The predicted octanol–water partition coefficient (Wildman–Crippen LogP) is 0.717. The molecule has 1 heterocycles. The molecule has 1 unspecified atom stereocenters. The highest BCUT2D eigenvalue weighted by Crippen LogP contribution is 2.23. The molecule has 0 aliphatic rings. The first kappa shape index (κ1) is 12.9. The van der Waals surface area contributed by atoms with Gasteiger partial charge in [-0.25, -0.2) is 0 Å². The molecule has 0 fully saturated rings. The van der Waals surface area contributed by atoms with E-state index in [0.717, 1.165) is 6.07 Å². The number of aryl methyl sites for hydroxylation is 1. The number of nitrogens with one attached hydrogen (secondary N) is 1. The van der Waals surface area contributed by atoms with Crippen LogP contribution in [0.5, 0.6) is 11.5 Å². The number of phenols is 2. The normalized spacial score (nSPS) is 12.1. The number of carbonyl (C=O) groups excluding carboxylic acids is 1. The van der Waals surface area contributed by atoms with Crippen molar-refractivity contribution in [2.45, 2.75) is 13.0 Å². The molecule has 0 saturated heterocycles. The zero-order chi connectivity index (χ0) is 14.0. The Hall–Kier alpha value is -2.57. The van der Waals surface area contributed by atoms with Gasteiger partial charge in [0.1, 0.15) is 17.8 Å². The average molecular weight is 262 g/mol. The van der Waals surface area contributed by atoms with Crippen molar-refractivity contribution in [1.29, 1.82) is 0 Å². The summed E-state index contributed by atoms with van der Waals surface area (Å²) in [6.07, 6.45) is 1.54. The van der Waals surface area contributed by atoms with Crippen molar-refractivity contribution >= 4 is 5.91 Å². The minimum atomic E-state index is -0.451. The summed E-state index contributed by atoms with van der Waals surface area (Å²) in [7, 11) is 1.77. The monoisotopic (exact) mass is 262 g/mol. The highest BCUT2D eigenvalue weighted by molar-refractivity contribution is 5.97. The third-order valence-electron chi connectivity index (χ3n) is 2.71. The van der Waals surface area contributed by atoms with Gasteiger partial charge in [-0.15, -0.1) is 10.2 Å². The van der Waals surface area contributed by atoms with Gasteiger partial charge in [-0.3, -0.25) is 4.79 Å². The van der Waals surface area contributed by atoms with E-state index in [9.17, 15) is 15.0 Å². The molecule has 1 aromatic carbocycles. The molecule has 0 bridgehead atoms. The van der Waals surface area contributed by atoms with Crippen LogP contribution in [0.25, 0.3) is 0 Å². The van der Waals surface area contributed by atoms with Gasteiger partial charge in [0.2, 0.25) is 0 Å². The van der Waals surface area contributed by atoms with Crippen molar-refractivity contribution < 1.29 is 15.0 Å². The molecule has 0 aliphatic carbocycles. The maximum Gasteiger partial charge on any atom is 0.255 e. The Kier molecular flexibility index (Phi) is 3.37. The quantitative estimate of drug-likeness (QED) is 0.756. The van der Waals surface area contributed by atoms with Crippen LogP contribution >= 0.6 is 0 Å². The van der Waals surface area contributed by atoms with Gasteiger partial charge >= 0.3 is 0 Å². The molecule has 0 radical (unpaired) electrons. The van der Waals surface area contributed by atoms with E-state index in [1.165, 1.54) is 18.5 Å². The molecule has 7 nitrogen and oxygen atoms in total. The minimum Gasteiger partial charge on any atom is -0.508 e. The van der Waals surface area contributed by atoms with Crippen LogP contribution in [0.3, 0.4) is 0 Å². The molecule has 1 atom stereocenters. The van der Waals surface area contributed by atoms with Gasteiger partial charge in [0.25, 0.3) is 5.91 Å². The summed E-state index contributed by atoms with van der Waals surface area (Å²) in [5.41, 5.74) is 0.0896. The minimum absolute atomic E-state index is 0.0896. The molecule has 3 N–H and O–H groups in total. The van der Waals surface area contributed by atoms with Crippen LogP contribution in [0.15, 0.2) is 24.5 Å². The number of aromatic hydroxyl groups is 2. The fourth-order valence-electron chi connectivity index (χ4n) is 1.74. The van der Waals surface area contributed by atoms with Crippen LogP contribution in [0.4, 0.5) is 0 Å². The number of nitrogens with zero attached hydrogens (tertiary/aromatic N) is 3. The van der Waals surface area contributed by atoms with E-state index in [-0.39, 0.29) is 23.1 Å². The second-order valence-electron chi connectivity index (χ2n) is 4.20. The molecule has 1 amide bonds. The average Bonchev–Trinajstić information content (AvgIpc) is 2.75. The lowest BCUT2D eigenvalue weighted by molar-refractivity contribution is 0.0935. The van der Waals surface area contributed by atoms with Gasteiger partial charge in [0.05, 0.1) is 11.6 Å². The van der Waals surface area contributed by atoms with Crippen molar-refractivity contribution in [3.8, 4) is 11.5 Å². The second-order valence-corrected chi connectivity index (χ2v) is 4.20. The lowest BCUT2D eigenvalue weighted by Gasteiger charge is -2.13. The Morgan fingerprint density at radius 1 is 1.42 bits per heavy atom. The number of phenolic OH excluding ortho intramolecular Hbond substituents is 2. The van der Waals surface area contributed by atoms with E-state index < -0.39 is 5.91 Å². The number of hydrogen-bond donors (Lipinski definition) is 3. The molecule has 0 spiro atoms. The molecule has 100 valence electrons. The zero-order valence-corrected chi connectivity index (χ0v) is 10.5. The number of benzene rings is 1. The van der Waals surface area contributed by atoms with E-state index in [1.54, 1.807) is 18.5 Å². The van der Waals surface area contributed by atoms with Crippen molar-refractivity contribution in [2.75, 3.05) is 0 Å². The van der Waals surface area contributed by atoms with Gasteiger partial charge < -0.3 is 20.1 Å². The molecule has 7 heteroatoms. The Balaban J connectivity index is 2.15. The molecular weight excluding hydrogens is 248 g/mol. The van der Waals surface area contributed by atoms with E-state index >= 15 is 0 Å². The number of carbonyl (C=O) groups is 1. The summed E-state index contributed by atoms with van der Waals surface area (Å²) >= 11 is 0. The SMILES string of the molecule is CC(NC(=O)c1ccc(O)cc1O)c1nncn1C. The smallest absolute Gasteiger partial charge is 0.255 e. The van der Waals surface area contributed by atoms with E-state index in [4.69, 9.17) is 0 Å². The molecule has 0 saturated carbocycles. The molecule has 19 heavy (non-hydrogen) atoms. The van der Waals surface area contributed by atoms with Crippen LogP contribution < -0.4 is 5.32 Å². The van der Waals surface area contributed by atoms with Gasteiger partial charge in [-0.05, 0) is 19.1 Å². The standard InChI is InChI=1S/C12H14N4O3/c1-7(11-15-13-6-16(11)2)14-12(19)9-4-3-8(17)5-10(9)18/h3-7,17-18H,1-2H3,(H,14,19). The lowest BCUT2D eigenvalue weighted by Crippen LogP contribution is -2.28. The Morgan fingerprint density at radius 2 is 2.16 bits per heavy atom. The Bertz CT molecular complexity index is 609. The Labute approximate surface area is 109 Å². The number of rotatable bonds is 3. The van der Waals surface area contributed by atoms with Crippen molar-refractivity contribution in [1.82, 2.24) is 20.1 Å². The summed E-state index contributed by atoms with van der Waals surface area (Å²) in [6, 6.07) is 3.45. The topological polar surface area (TPSA) is 100 Å². The summed E-state index contributed by atoms with van der Waals surface area (Å²) in [5, 5.41) is 29.1. The van der Waals surface area contributed by atoms with Gasteiger partial charge in [0, 0.05) is 13.1 Å². The van der Waals surface area contributed by atoms with Crippen molar-refractivity contribution in [2.24, 2.45) is 7.05 Å². The van der Waals surface area contributed by atoms with E-state index in [1.807, 2.05) is 0 Å². The van der Waals surface area contributed by atoms with Crippen LogP contribution in [0.1, 0.15) is 29.1 Å². The van der Waals surface area contributed by atoms with Crippen molar-refractivity contribution in [3.63, 3.8) is 0 Å². The number of hydrogen-bond acceptors (Lipinski definition) is 5. The van der Waals surface area contributed by atoms with Gasteiger partial charge in [-0.2, -0.15) is 0 Å². The number of aromatic nitrogens is 3. The lowest BCUT2D eigenvalue weighted by atomic mass is 10.1. The summed E-state index contributed by atoms with van der Waals surface area (Å²) < 4.78 is 1.70. The molecule has 0 aliphatic heterocycles. The molecule has 2 aromatic rings. The van der Waals surface area contributed by atoms with Crippen LogP contribution in [-0.2, 0) is 7.05 Å². The maximum absolute atomic E-state index is 12.0. The van der Waals surface area contributed by atoms with Crippen LogP contribution in [-0.4, -0.2) is 30.9 Å². The van der Waals surface area contributed by atoms with E-state index in [2.05, 4.69) is 15.5 Å². The summed E-state index contributed by atoms with van der Waals surface area (Å²) in [6.45, 7) is 1.76. The first-order valence-electron chi connectivity index (χ1n) is 5.65. The maximum atomic E-state index is 12.0. The third-order valence-corrected chi connectivity index (χ3v) is 2.71. The highest BCUT2D eigenvalue weighted by Gasteiger charge is 2.17. The summed E-state index contributed by atoms with van der Waals surface area (Å²) in [4.78, 5) is 12.0. The first-order valence-corrected chi connectivity index (χ1v) is 5.65. The van der Waals surface area contributed by atoms with Gasteiger partial charge in [-0.1, -0.05) is 0 Å². The van der Waals surface area contributed by atoms with Gasteiger partial charge in [0.15, 0.2) is 5.82 Å². The second kappa shape index (κ2) is 4.97. The summed E-state index contributed by atoms with van der Waals surface area (Å²) in [5.74, 6) is -0.224. The molecule has 1 aromatic heterocycles. The van der Waals surface area contributed by atoms with Crippen LogP contribution in [0.2, 0.25) is 0 Å². The third kappa shape index (κ3) is 2.65. The van der Waals surface area contributed by atoms with Crippen LogP contribution in [0, 0.1) is 0 Å². The molecular formula is C12H14N4O3. The van der Waals surface area contributed by atoms with E-state index in [0.29, 0.717) is 5.82 Å². The highest BCUT2D eigenvalue weighted by atomic mass is 16.3. The van der Waals surface area contributed by atoms with Crippen molar-refractivity contribution in [3.05, 3.63) is 35.9 Å². The number of amides is 1. The predicted molar refractivity (Wildman–Crippen MR) is 66.7 cm³/mol. The largest absolute Gasteiger partial charge is 0.508 e. The fourth-order valence-corrected chi connectivity index (χ4v) is 1.74. The zero-order valence-electron chi connectivity index (χ0n) is 10.5. The first-order chi connectivity index (χ1) is 8.99. The molecule has 2 rings (SSSR count). The Morgan fingerprint density at radius 3 is 2.74 bits per heavy atom.